The second-order valence-electron chi connectivity index (χ2n) is 4.67. The second kappa shape index (κ2) is 6.52. The predicted octanol–water partition coefficient (Wildman–Crippen LogP) is 1.08. The molecule has 0 spiro atoms. The first-order chi connectivity index (χ1) is 9.22. The lowest BCUT2D eigenvalue weighted by molar-refractivity contribution is -0.136. The summed E-state index contributed by atoms with van der Waals surface area (Å²) >= 11 is 0. The monoisotopic (exact) mass is 263 g/mol. The van der Waals surface area contributed by atoms with E-state index in [1.807, 2.05) is 24.1 Å². The van der Waals surface area contributed by atoms with E-state index in [4.69, 9.17) is 4.74 Å². The number of anilines is 1. The van der Waals surface area contributed by atoms with E-state index in [-0.39, 0.29) is 12.5 Å². The highest BCUT2D eigenvalue weighted by Gasteiger charge is 2.21. The minimum atomic E-state index is 0.0874. The first-order valence-electron chi connectivity index (χ1n) is 6.73. The largest absolute Gasteiger partial charge is 0.372 e. The Morgan fingerprint density at radius 2 is 2.11 bits per heavy atom. The quantitative estimate of drug-likeness (QED) is 0.815. The Balaban J connectivity index is 1.89. The SMILES string of the molecule is CCOCC(=O)N1CCN(c2cnccc2C)CC1. The van der Waals surface area contributed by atoms with Gasteiger partial charge in [0.25, 0.3) is 0 Å². The molecule has 1 aromatic rings. The van der Waals surface area contributed by atoms with Gasteiger partial charge in [-0.15, -0.1) is 0 Å². The van der Waals surface area contributed by atoms with Crippen LogP contribution in [0.1, 0.15) is 12.5 Å². The van der Waals surface area contributed by atoms with Crippen molar-refractivity contribution in [3.8, 4) is 0 Å². The third-order valence-corrected chi connectivity index (χ3v) is 3.41. The predicted molar refractivity (Wildman–Crippen MR) is 74.3 cm³/mol. The molecule has 1 fully saturated rings. The standard InChI is InChI=1S/C14H21N3O2/c1-3-19-11-14(18)17-8-6-16(7-9-17)13-10-15-5-4-12(13)2/h4-5,10H,3,6-9,11H2,1-2H3. The van der Waals surface area contributed by atoms with E-state index < -0.39 is 0 Å². The Labute approximate surface area is 114 Å². The van der Waals surface area contributed by atoms with Gasteiger partial charge in [0, 0.05) is 39.0 Å². The number of aryl methyl sites for hydroxylation is 1. The smallest absolute Gasteiger partial charge is 0.248 e. The molecule has 0 aromatic carbocycles. The van der Waals surface area contributed by atoms with Crippen LogP contribution in [0.15, 0.2) is 18.5 Å². The van der Waals surface area contributed by atoms with Gasteiger partial charge in [0.05, 0.1) is 11.9 Å². The molecule has 104 valence electrons. The Bertz CT molecular complexity index is 428. The molecule has 5 heteroatoms. The lowest BCUT2D eigenvalue weighted by atomic mass is 10.2. The number of ether oxygens (including phenoxy) is 1. The van der Waals surface area contributed by atoms with Crippen LogP contribution in [0.4, 0.5) is 5.69 Å². The Hall–Kier alpha value is -1.62. The number of carbonyl (C=O) groups is 1. The third-order valence-electron chi connectivity index (χ3n) is 3.41. The summed E-state index contributed by atoms with van der Waals surface area (Å²) in [7, 11) is 0. The van der Waals surface area contributed by atoms with Crippen molar-refractivity contribution >= 4 is 11.6 Å². The van der Waals surface area contributed by atoms with E-state index in [1.165, 1.54) is 11.3 Å². The van der Waals surface area contributed by atoms with Crippen molar-refractivity contribution in [3.63, 3.8) is 0 Å². The molecule has 0 radical (unpaired) electrons. The van der Waals surface area contributed by atoms with Crippen molar-refractivity contribution in [1.82, 2.24) is 9.88 Å². The van der Waals surface area contributed by atoms with E-state index in [9.17, 15) is 4.79 Å². The average Bonchev–Trinajstić information content (AvgIpc) is 2.45. The van der Waals surface area contributed by atoms with Gasteiger partial charge in [-0.2, -0.15) is 0 Å². The first kappa shape index (κ1) is 13.8. The third kappa shape index (κ3) is 3.44. The summed E-state index contributed by atoms with van der Waals surface area (Å²) in [6, 6.07) is 2.02. The van der Waals surface area contributed by atoms with E-state index in [2.05, 4.69) is 16.8 Å². The van der Waals surface area contributed by atoms with Gasteiger partial charge in [-0.05, 0) is 25.5 Å². The molecule has 5 nitrogen and oxygen atoms in total. The maximum Gasteiger partial charge on any atom is 0.248 e. The Morgan fingerprint density at radius 3 is 2.74 bits per heavy atom. The van der Waals surface area contributed by atoms with Gasteiger partial charge < -0.3 is 14.5 Å². The number of piperazine rings is 1. The topological polar surface area (TPSA) is 45.7 Å². The summed E-state index contributed by atoms with van der Waals surface area (Å²) in [6.45, 7) is 7.97. The van der Waals surface area contributed by atoms with Crippen LogP contribution < -0.4 is 4.90 Å². The lowest BCUT2D eigenvalue weighted by Crippen LogP contribution is -2.50. The minimum absolute atomic E-state index is 0.0874. The van der Waals surface area contributed by atoms with Crippen molar-refractivity contribution < 1.29 is 9.53 Å². The zero-order chi connectivity index (χ0) is 13.7. The lowest BCUT2D eigenvalue weighted by Gasteiger charge is -2.36. The van der Waals surface area contributed by atoms with Crippen molar-refractivity contribution in [1.29, 1.82) is 0 Å². The molecule has 0 saturated carbocycles. The molecule has 1 aliphatic rings. The fourth-order valence-electron chi connectivity index (χ4n) is 2.26. The number of nitrogens with zero attached hydrogens (tertiary/aromatic N) is 3. The number of hydrogen-bond acceptors (Lipinski definition) is 4. The Morgan fingerprint density at radius 1 is 1.37 bits per heavy atom. The molecule has 1 aromatic heterocycles. The molecule has 2 rings (SSSR count). The second-order valence-corrected chi connectivity index (χ2v) is 4.67. The molecule has 1 saturated heterocycles. The fraction of sp³-hybridized carbons (Fsp3) is 0.571. The van der Waals surface area contributed by atoms with Gasteiger partial charge in [0.2, 0.25) is 5.91 Å². The average molecular weight is 263 g/mol. The van der Waals surface area contributed by atoms with Crippen LogP contribution >= 0.6 is 0 Å². The van der Waals surface area contributed by atoms with E-state index >= 15 is 0 Å². The molecule has 19 heavy (non-hydrogen) atoms. The van der Waals surface area contributed by atoms with Gasteiger partial charge >= 0.3 is 0 Å². The molecule has 0 bridgehead atoms. The van der Waals surface area contributed by atoms with Crippen molar-refractivity contribution in [2.75, 3.05) is 44.3 Å². The Kier molecular flexibility index (Phi) is 4.74. The van der Waals surface area contributed by atoms with Crippen LogP contribution in [0.25, 0.3) is 0 Å². The molecular weight excluding hydrogens is 242 g/mol. The fourth-order valence-corrected chi connectivity index (χ4v) is 2.26. The van der Waals surface area contributed by atoms with Crippen molar-refractivity contribution in [2.24, 2.45) is 0 Å². The maximum absolute atomic E-state index is 11.8. The van der Waals surface area contributed by atoms with Crippen LogP contribution in [-0.2, 0) is 9.53 Å². The van der Waals surface area contributed by atoms with Crippen molar-refractivity contribution in [3.05, 3.63) is 24.0 Å². The minimum Gasteiger partial charge on any atom is -0.372 e. The number of carbonyl (C=O) groups excluding carboxylic acids is 1. The molecule has 1 aliphatic heterocycles. The summed E-state index contributed by atoms with van der Waals surface area (Å²) in [5.74, 6) is 0.0874. The highest BCUT2D eigenvalue weighted by Crippen LogP contribution is 2.19. The molecule has 2 heterocycles. The van der Waals surface area contributed by atoms with Crippen LogP contribution in [-0.4, -0.2) is 55.2 Å². The molecule has 0 unspecified atom stereocenters. The molecular formula is C14H21N3O2. The molecule has 1 amide bonds. The molecule has 0 aliphatic carbocycles. The van der Waals surface area contributed by atoms with E-state index in [1.54, 1.807) is 6.20 Å². The summed E-state index contributed by atoms with van der Waals surface area (Å²) in [4.78, 5) is 20.2. The molecule has 0 N–H and O–H groups in total. The zero-order valence-electron chi connectivity index (χ0n) is 11.6. The number of rotatable bonds is 4. The van der Waals surface area contributed by atoms with Gasteiger partial charge in [-0.3, -0.25) is 9.78 Å². The molecule has 0 atom stereocenters. The summed E-state index contributed by atoms with van der Waals surface area (Å²) in [5, 5.41) is 0. The summed E-state index contributed by atoms with van der Waals surface area (Å²) < 4.78 is 5.16. The number of pyridine rings is 1. The summed E-state index contributed by atoms with van der Waals surface area (Å²) in [6.07, 6.45) is 3.70. The van der Waals surface area contributed by atoms with Gasteiger partial charge in [-0.1, -0.05) is 0 Å². The van der Waals surface area contributed by atoms with Crippen LogP contribution in [0, 0.1) is 6.92 Å². The maximum atomic E-state index is 11.8. The highest BCUT2D eigenvalue weighted by atomic mass is 16.5. The number of hydrogen-bond donors (Lipinski definition) is 0. The van der Waals surface area contributed by atoms with Gasteiger partial charge in [0.15, 0.2) is 0 Å². The first-order valence-corrected chi connectivity index (χ1v) is 6.73. The van der Waals surface area contributed by atoms with Crippen LogP contribution in [0.5, 0.6) is 0 Å². The van der Waals surface area contributed by atoms with E-state index in [0.717, 1.165) is 26.2 Å². The van der Waals surface area contributed by atoms with Crippen molar-refractivity contribution in [2.45, 2.75) is 13.8 Å². The zero-order valence-corrected chi connectivity index (χ0v) is 11.6. The number of aromatic nitrogens is 1. The highest BCUT2D eigenvalue weighted by molar-refractivity contribution is 5.77. The van der Waals surface area contributed by atoms with Crippen LogP contribution in [0.3, 0.4) is 0 Å². The number of amides is 1. The van der Waals surface area contributed by atoms with E-state index in [0.29, 0.717) is 6.61 Å². The normalized spacial score (nSPS) is 15.7. The van der Waals surface area contributed by atoms with Gasteiger partial charge in [-0.25, -0.2) is 0 Å². The summed E-state index contributed by atoms with van der Waals surface area (Å²) in [5.41, 5.74) is 2.39. The van der Waals surface area contributed by atoms with Gasteiger partial charge in [0.1, 0.15) is 6.61 Å². The van der Waals surface area contributed by atoms with Crippen LogP contribution in [0.2, 0.25) is 0 Å².